The van der Waals surface area contributed by atoms with Crippen LogP contribution in [-0.4, -0.2) is 57.4 Å². The summed E-state index contributed by atoms with van der Waals surface area (Å²) in [5.74, 6) is 0. The molecule has 1 aromatic carbocycles. The zero-order chi connectivity index (χ0) is 12.4. The van der Waals surface area contributed by atoms with Gasteiger partial charge in [0, 0.05) is 32.7 Å². The Morgan fingerprint density at radius 2 is 2.22 bits per heavy atom. The van der Waals surface area contributed by atoms with Gasteiger partial charge in [0.25, 0.3) is 0 Å². The SMILES string of the molecule is CN1CCOC(CN2CCNc3ccccc32)C1. The maximum absolute atomic E-state index is 5.86. The zero-order valence-corrected chi connectivity index (χ0v) is 10.9. The minimum atomic E-state index is 0.329. The number of hydrogen-bond acceptors (Lipinski definition) is 4. The third-order valence-electron chi connectivity index (χ3n) is 3.71. The van der Waals surface area contributed by atoms with Gasteiger partial charge < -0.3 is 19.9 Å². The Labute approximate surface area is 109 Å². The molecule has 98 valence electrons. The number of para-hydroxylation sites is 2. The summed E-state index contributed by atoms with van der Waals surface area (Å²) >= 11 is 0. The number of fused-ring (bicyclic) bond motifs is 1. The third-order valence-corrected chi connectivity index (χ3v) is 3.71. The molecule has 1 saturated heterocycles. The van der Waals surface area contributed by atoms with Gasteiger partial charge in [-0.2, -0.15) is 0 Å². The van der Waals surface area contributed by atoms with Crippen molar-refractivity contribution in [1.29, 1.82) is 0 Å². The first-order chi connectivity index (χ1) is 8.83. The van der Waals surface area contributed by atoms with E-state index in [1.807, 2.05) is 0 Å². The predicted octanol–water partition coefficient (Wildman–Crippen LogP) is 1.25. The van der Waals surface area contributed by atoms with Crippen LogP contribution in [0.25, 0.3) is 0 Å². The van der Waals surface area contributed by atoms with Crippen molar-refractivity contribution in [1.82, 2.24) is 4.90 Å². The van der Waals surface area contributed by atoms with Gasteiger partial charge in [-0.3, -0.25) is 0 Å². The van der Waals surface area contributed by atoms with Crippen LogP contribution in [0.5, 0.6) is 0 Å². The van der Waals surface area contributed by atoms with Crippen LogP contribution in [0.15, 0.2) is 24.3 Å². The van der Waals surface area contributed by atoms with Gasteiger partial charge >= 0.3 is 0 Å². The van der Waals surface area contributed by atoms with E-state index in [2.05, 4.69) is 46.4 Å². The standard InChI is InChI=1S/C14H21N3O/c1-16-8-9-18-12(10-16)11-17-7-6-15-13-4-2-3-5-14(13)17/h2-5,12,15H,6-11H2,1H3. The Bertz CT molecular complexity index is 410. The summed E-state index contributed by atoms with van der Waals surface area (Å²) in [5, 5.41) is 3.45. The van der Waals surface area contributed by atoms with E-state index >= 15 is 0 Å². The zero-order valence-electron chi connectivity index (χ0n) is 10.9. The lowest BCUT2D eigenvalue weighted by Gasteiger charge is -2.37. The van der Waals surface area contributed by atoms with Crippen molar-refractivity contribution >= 4 is 11.4 Å². The molecule has 2 heterocycles. The topological polar surface area (TPSA) is 27.7 Å². The van der Waals surface area contributed by atoms with Crippen LogP contribution in [0.1, 0.15) is 0 Å². The van der Waals surface area contributed by atoms with Crippen molar-refractivity contribution in [2.24, 2.45) is 0 Å². The number of hydrogen-bond donors (Lipinski definition) is 1. The molecule has 4 heteroatoms. The number of ether oxygens (including phenoxy) is 1. The smallest absolute Gasteiger partial charge is 0.0877 e. The predicted molar refractivity (Wildman–Crippen MR) is 74.4 cm³/mol. The first-order valence-electron chi connectivity index (χ1n) is 6.71. The van der Waals surface area contributed by atoms with E-state index in [-0.39, 0.29) is 0 Å². The van der Waals surface area contributed by atoms with E-state index in [1.54, 1.807) is 0 Å². The summed E-state index contributed by atoms with van der Waals surface area (Å²) in [6.07, 6.45) is 0.329. The molecule has 18 heavy (non-hydrogen) atoms. The van der Waals surface area contributed by atoms with Crippen LogP contribution in [-0.2, 0) is 4.74 Å². The van der Waals surface area contributed by atoms with Crippen molar-refractivity contribution in [3.63, 3.8) is 0 Å². The summed E-state index contributed by atoms with van der Waals surface area (Å²) in [4.78, 5) is 4.79. The van der Waals surface area contributed by atoms with Crippen molar-refractivity contribution in [2.45, 2.75) is 6.10 Å². The molecule has 0 aromatic heterocycles. The molecule has 0 aliphatic carbocycles. The number of anilines is 2. The Hall–Kier alpha value is -1.26. The van der Waals surface area contributed by atoms with Gasteiger partial charge in [-0.25, -0.2) is 0 Å². The number of benzene rings is 1. The molecule has 1 atom stereocenters. The molecule has 2 aliphatic heterocycles. The molecule has 0 amide bonds. The van der Waals surface area contributed by atoms with Crippen molar-refractivity contribution in [3.8, 4) is 0 Å². The number of nitrogens with one attached hydrogen (secondary N) is 1. The minimum absolute atomic E-state index is 0.329. The summed E-state index contributed by atoms with van der Waals surface area (Å²) in [6.45, 7) is 6.00. The Kier molecular flexibility index (Phi) is 3.39. The second-order valence-corrected chi connectivity index (χ2v) is 5.14. The fraction of sp³-hybridized carbons (Fsp3) is 0.571. The highest BCUT2D eigenvalue weighted by Crippen LogP contribution is 2.28. The second kappa shape index (κ2) is 5.16. The molecule has 4 nitrogen and oxygen atoms in total. The van der Waals surface area contributed by atoms with Crippen LogP contribution in [0, 0.1) is 0 Å². The summed E-state index contributed by atoms with van der Waals surface area (Å²) in [7, 11) is 2.17. The highest BCUT2D eigenvalue weighted by molar-refractivity contribution is 5.71. The maximum atomic E-state index is 5.86. The van der Waals surface area contributed by atoms with Crippen LogP contribution in [0.2, 0.25) is 0 Å². The molecule has 0 bridgehead atoms. The van der Waals surface area contributed by atoms with Gasteiger partial charge in [-0.05, 0) is 19.2 Å². The molecular weight excluding hydrogens is 226 g/mol. The molecule has 0 saturated carbocycles. The fourth-order valence-electron chi connectivity index (χ4n) is 2.76. The lowest BCUT2D eigenvalue weighted by molar-refractivity contribution is -0.0147. The molecule has 1 unspecified atom stereocenters. The van der Waals surface area contributed by atoms with Crippen molar-refractivity contribution in [3.05, 3.63) is 24.3 Å². The Morgan fingerprint density at radius 3 is 3.11 bits per heavy atom. The van der Waals surface area contributed by atoms with E-state index in [4.69, 9.17) is 4.74 Å². The van der Waals surface area contributed by atoms with Crippen LogP contribution in [0.4, 0.5) is 11.4 Å². The monoisotopic (exact) mass is 247 g/mol. The van der Waals surface area contributed by atoms with Crippen molar-refractivity contribution in [2.75, 3.05) is 56.6 Å². The van der Waals surface area contributed by atoms with Crippen LogP contribution in [0.3, 0.4) is 0 Å². The molecule has 1 aromatic rings. The fourth-order valence-corrected chi connectivity index (χ4v) is 2.76. The molecule has 2 aliphatic rings. The first kappa shape index (κ1) is 11.8. The van der Waals surface area contributed by atoms with Crippen LogP contribution < -0.4 is 10.2 Å². The van der Waals surface area contributed by atoms with E-state index < -0.39 is 0 Å². The average Bonchev–Trinajstić information content (AvgIpc) is 2.39. The molecule has 0 radical (unpaired) electrons. The van der Waals surface area contributed by atoms with Gasteiger partial charge in [-0.1, -0.05) is 12.1 Å². The van der Waals surface area contributed by atoms with Gasteiger partial charge in [0.05, 0.1) is 24.1 Å². The lowest BCUT2D eigenvalue weighted by atomic mass is 10.1. The average molecular weight is 247 g/mol. The quantitative estimate of drug-likeness (QED) is 0.851. The molecule has 1 fully saturated rings. The molecule has 3 rings (SSSR count). The first-order valence-corrected chi connectivity index (χ1v) is 6.71. The van der Waals surface area contributed by atoms with Gasteiger partial charge in [0.1, 0.15) is 0 Å². The molecule has 1 N–H and O–H groups in total. The molecule has 0 spiro atoms. The summed E-state index contributed by atoms with van der Waals surface area (Å²) < 4.78 is 5.86. The highest BCUT2D eigenvalue weighted by Gasteiger charge is 2.23. The lowest BCUT2D eigenvalue weighted by Crippen LogP contribution is -2.48. The van der Waals surface area contributed by atoms with Crippen LogP contribution >= 0.6 is 0 Å². The highest BCUT2D eigenvalue weighted by atomic mass is 16.5. The van der Waals surface area contributed by atoms with Crippen molar-refractivity contribution < 1.29 is 4.74 Å². The number of rotatable bonds is 2. The number of morpholine rings is 1. The van der Waals surface area contributed by atoms with Gasteiger partial charge in [-0.15, -0.1) is 0 Å². The van der Waals surface area contributed by atoms with Gasteiger partial charge in [0.2, 0.25) is 0 Å². The Balaban J connectivity index is 1.70. The van der Waals surface area contributed by atoms with E-state index in [9.17, 15) is 0 Å². The number of nitrogens with zero attached hydrogens (tertiary/aromatic N) is 2. The normalized spacial score (nSPS) is 24.5. The molecular formula is C14H21N3O. The van der Waals surface area contributed by atoms with E-state index in [0.717, 1.165) is 39.3 Å². The summed E-state index contributed by atoms with van der Waals surface area (Å²) in [5.41, 5.74) is 2.55. The minimum Gasteiger partial charge on any atom is -0.382 e. The van der Waals surface area contributed by atoms with E-state index in [1.165, 1.54) is 11.4 Å². The third kappa shape index (κ3) is 2.44. The largest absolute Gasteiger partial charge is 0.382 e. The summed E-state index contributed by atoms with van der Waals surface area (Å²) in [6, 6.07) is 8.52. The maximum Gasteiger partial charge on any atom is 0.0877 e. The number of likely N-dealkylation sites (N-methyl/N-ethyl adjacent to an activating group) is 1. The second-order valence-electron chi connectivity index (χ2n) is 5.14. The van der Waals surface area contributed by atoms with Gasteiger partial charge in [0.15, 0.2) is 0 Å². The van der Waals surface area contributed by atoms with E-state index in [0.29, 0.717) is 6.10 Å². The Morgan fingerprint density at radius 1 is 1.33 bits per heavy atom.